The van der Waals surface area contributed by atoms with E-state index in [2.05, 4.69) is 33.5 Å². The lowest BCUT2D eigenvalue weighted by Gasteiger charge is -2.42. The second-order valence-corrected chi connectivity index (χ2v) is 14.0. The molecule has 4 aromatic rings. The Bertz CT molecular complexity index is 1740. The molecule has 2 atom stereocenters. The first kappa shape index (κ1) is 29.8. The van der Waals surface area contributed by atoms with Crippen molar-refractivity contribution in [2.24, 2.45) is 7.05 Å². The molecule has 0 spiro atoms. The third-order valence-corrected chi connectivity index (χ3v) is 10.9. The van der Waals surface area contributed by atoms with Gasteiger partial charge in [0.1, 0.15) is 16.5 Å². The van der Waals surface area contributed by atoms with Crippen LogP contribution in [-0.4, -0.2) is 57.1 Å². The summed E-state index contributed by atoms with van der Waals surface area (Å²) in [4.78, 5) is 16.7. The third-order valence-electron chi connectivity index (χ3n) is 8.77. The van der Waals surface area contributed by atoms with Crippen LogP contribution in [0.15, 0.2) is 35.4 Å². The van der Waals surface area contributed by atoms with Gasteiger partial charge in [0.2, 0.25) is 5.88 Å². The summed E-state index contributed by atoms with van der Waals surface area (Å²) in [6.45, 7) is 6.50. The molecule has 43 heavy (non-hydrogen) atoms. The molecule has 0 fully saturated rings. The standard InChI is InChI=1S/C31H36ClN5O5S/c1-5-23-16-37(43(40,41)27-12-22(32)14-33-31(27)42-23)15-21-11-20(10-19-7-6-8-24(19)21)26(13-28(38)39)25-9-17(2)30-29(18(25)3)34-35-36(30)4/h9-12,14,23,26,40-41H,5-8,13,15-16H2,1-4H3,(H,38,39)/t23-,26-/m1/s1. The SMILES string of the molecule is CC[C@@H]1CN(Cc2cc([C@@H](CC(=O)O)c3cc(C)c4c(nnn4C)c3C)cc3c2CCC3)S(O)(O)c2cc(Cl)cnc2O1. The van der Waals surface area contributed by atoms with Crippen molar-refractivity contribution in [1.29, 1.82) is 0 Å². The maximum absolute atomic E-state index is 12.3. The van der Waals surface area contributed by atoms with E-state index < -0.39 is 22.7 Å². The first-order valence-electron chi connectivity index (χ1n) is 14.5. The zero-order valence-corrected chi connectivity index (χ0v) is 26.2. The number of carboxylic acids is 1. The van der Waals surface area contributed by atoms with Gasteiger partial charge < -0.3 is 9.84 Å². The molecule has 0 radical (unpaired) electrons. The zero-order valence-electron chi connectivity index (χ0n) is 24.7. The summed E-state index contributed by atoms with van der Waals surface area (Å²) in [6, 6.07) is 7.78. The molecule has 2 aromatic carbocycles. The molecule has 3 heterocycles. The third kappa shape index (κ3) is 5.38. The largest absolute Gasteiger partial charge is 0.481 e. The fourth-order valence-corrected chi connectivity index (χ4v) is 8.44. The Balaban J connectivity index is 1.46. The number of ether oxygens (including phenoxy) is 1. The lowest BCUT2D eigenvalue weighted by atomic mass is 9.82. The number of benzene rings is 2. The molecule has 228 valence electrons. The number of rotatable bonds is 7. The highest BCUT2D eigenvalue weighted by molar-refractivity contribution is 8.22. The van der Waals surface area contributed by atoms with Crippen molar-refractivity contribution in [3.05, 3.63) is 74.4 Å². The minimum Gasteiger partial charge on any atom is -0.481 e. The van der Waals surface area contributed by atoms with Crippen molar-refractivity contribution in [1.82, 2.24) is 24.3 Å². The van der Waals surface area contributed by atoms with Gasteiger partial charge in [-0.1, -0.05) is 41.9 Å². The molecule has 0 amide bonds. The Kier molecular flexibility index (Phi) is 7.89. The summed E-state index contributed by atoms with van der Waals surface area (Å²) >= 11 is 6.23. The average molecular weight is 626 g/mol. The average Bonchev–Trinajstić information content (AvgIpc) is 3.58. The van der Waals surface area contributed by atoms with E-state index in [1.807, 2.05) is 27.8 Å². The summed E-state index contributed by atoms with van der Waals surface area (Å²) in [5.74, 6) is -1.13. The predicted molar refractivity (Wildman–Crippen MR) is 166 cm³/mol. The summed E-state index contributed by atoms with van der Waals surface area (Å²) in [5, 5.41) is 18.9. The molecule has 0 saturated heterocycles. The van der Waals surface area contributed by atoms with Crippen molar-refractivity contribution < 1.29 is 23.7 Å². The number of hydrogen-bond donors (Lipinski definition) is 3. The Morgan fingerprint density at radius 3 is 2.74 bits per heavy atom. The van der Waals surface area contributed by atoms with Crippen LogP contribution >= 0.6 is 22.4 Å². The zero-order chi connectivity index (χ0) is 30.6. The van der Waals surface area contributed by atoms with Gasteiger partial charge in [0.25, 0.3) is 0 Å². The number of pyridine rings is 1. The van der Waals surface area contributed by atoms with E-state index in [9.17, 15) is 19.0 Å². The highest BCUT2D eigenvalue weighted by Gasteiger charge is 2.37. The fourth-order valence-electron chi connectivity index (χ4n) is 6.62. The van der Waals surface area contributed by atoms with E-state index >= 15 is 0 Å². The van der Waals surface area contributed by atoms with E-state index in [-0.39, 0.29) is 36.4 Å². The Morgan fingerprint density at radius 1 is 1.21 bits per heavy atom. The topological polar surface area (TPSA) is 134 Å². The van der Waals surface area contributed by atoms with E-state index in [4.69, 9.17) is 16.3 Å². The van der Waals surface area contributed by atoms with Crippen LogP contribution in [0.4, 0.5) is 0 Å². The molecule has 12 heteroatoms. The normalized spacial score (nSPS) is 19.4. The molecular weight excluding hydrogens is 590 g/mol. The number of aryl methyl sites for hydroxylation is 4. The van der Waals surface area contributed by atoms with Crippen LogP contribution in [0.25, 0.3) is 11.0 Å². The van der Waals surface area contributed by atoms with Gasteiger partial charge in [-0.25, -0.2) is 9.67 Å². The molecule has 2 aromatic heterocycles. The smallest absolute Gasteiger partial charge is 0.304 e. The van der Waals surface area contributed by atoms with Gasteiger partial charge in [-0.2, -0.15) is 4.31 Å². The number of aromatic nitrogens is 4. The van der Waals surface area contributed by atoms with Gasteiger partial charge in [-0.05, 0) is 84.5 Å². The second kappa shape index (κ2) is 11.4. The molecular formula is C31H36ClN5O5S. The Hall–Kier alpha value is -3.22. The van der Waals surface area contributed by atoms with Crippen LogP contribution in [0, 0.1) is 13.8 Å². The van der Waals surface area contributed by atoms with Gasteiger partial charge in [-0.3, -0.25) is 13.9 Å². The minimum atomic E-state index is -3.49. The molecule has 0 bridgehead atoms. The number of carbonyl (C=O) groups is 1. The second-order valence-electron chi connectivity index (χ2n) is 11.6. The highest BCUT2D eigenvalue weighted by atomic mass is 35.5. The van der Waals surface area contributed by atoms with Gasteiger partial charge >= 0.3 is 5.97 Å². The Labute approximate surface area is 257 Å². The number of fused-ring (bicyclic) bond motifs is 3. The van der Waals surface area contributed by atoms with Crippen LogP contribution in [0.2, 0.25) is 5.02 Å². The van der Waals surface area contributed by atoms with E-state index in [1.54, 1.807) is 8.99 Å². The predicted octanol–water partition coefficient (Wildman–Crippen LogP) is 6.43. The van der Waals surface area contributed by atoms with Gasteiger partial charge in [0.05, 0.1) is 23.5 Å². The quantitative estimate of drug-likeness (QED) is 0.212. The van der Waals surface area contributed by atoms with E-state index in [1.165, 1.54) is 23.4 Å². The summed E-state index contributed by atoms with van der Waals surface area (Å²) in [6.07, 6.45) is 4.45. The molecule has 10 nitrogen and oxygen atoms in total. The van der Waals surface area contributed by atoms with Crippen LogP contribution in [-0.2, 0) is 31.2 Å². The summed E-state index contributed by atoms with van der Waals surface area (Å²) in [5.41, 5.74) is 8.72. The van der Waals surface area contributed by atoms with Crippen LogP contribution < -0.4 is 4.74 Å². The number of hydrogen-bond acceptors (Lipinski definition) is 8. The molecule has 0 saturated carbocycles. The van der Waals surface area contributed by atoms with Crippen molar-refractivity contribution in [3.8, 4) is 5.88 Å². The molecule has 3 N–H and O–H groups in total. The van der Waals surface area contributed by atoms with Crippen molar-refractivity contribution in [2.45, 2.75) is 76.3 Å². The number of nitrogens with zero attached hydrogens (tertiary/aromatic N) is 5. The lowest BCUT2D eigenvalue weighted by molar-refractivity contribution is -0.137. The van der Waals surface area contributed by atoms with Gasteiger partial charge in [0.15, 0.2) is 0 Å². The van der Waals surface area contributed by atoms with Gasteiger partial charge in [-0.15, -0.1) is 15.9 Å². The summed E-state index contributed by atoms with van der Waals surface area (Å²) in [7, 11) is -1.64. The highest BCUT2D eigenvalue weighted by Crippen LogP contribution is 2.57. The monoisotopic (exact) mass is 625 g/mol. The van der Waals surface area contributed by atoms with Crippen molar-refractivity contribution in [3.63, 3.8) is 0 Å². The number of halogens is 1. The number of aliphatic carboxylic acids is 1. The lowest BCUT2D eigenvalue weighted by Crippen LogP contribution is -2.34. The molecule has 1 aliphatic heterocycles. The van der Waals surface area contributed by atoms with Crippen LogP contribution in [0.1, 0.15) is 71.0 Å². The van der Waals surface area contributed by atoms with Crippen molar-refractivity contribution in [2.75, 3.05) is 6.54 Å². The maximum Gasteiger partial charge on any atom is 0.304 e. The first-order valence-corrected chi connectivity index (χ1v) is 16.4. The minimum absolute atomic E-state index is 0.0908. The molecule has 2 aliphatic rings. The molecule has 0 unspecified atom stereocenters. The first-order chi connectivity index (χ1) is 20.5. The van der Waals surface area contributed by atoms with Gasteiger partial charge in [0, 0.05) is 25.7 Å². The Morgan fingerprint density at radius 2 is 2.00 bits per heavy atom. The van der Waals surface area contributed by atoms with Crippen LogP contribution in [0.5, 0.6) is 5.88 Å². The number of carboxylic acid groups (broad SMARTS) is 1. The molecule has 6 rings (SSSR count). The molecule has 1 aliphatic carbocycles. The maximum atomic E-state index is 12.3. The van der Waals surface area contributed by atoms with Crippen LogP contribution in [0.3, 0.4) is 0 Å². The van der Waals surface area contributed by atoms with E-state index in [0.717, 1.165) is 58.1 Å². The van der Waals surface area contributed by atoms with Crippen molar-refractivity contribution >= 4 is 39.4 Å². The fraction of sp³-hybridized carbons (Fsp3) is 0.419. The van der Waals surface area contributed by atoms with E-state index in [0.29, 0.717) is 11.4 Å². The summed E-state index contributed by atoms with van der Waals surface area (Å²) < 4.78 is 32.8.